The topological polar surface area (TPSA) is 95.2 Å². The smallest absolute Gasteiger partial charge is 0.512 e. The summed E-state index contributed by atoms with van der Waals surface area (Å²) in [6, 6.07) is 0. The van der Waals surface area contributed by atoms with Crippen molar-refractivity contribution in [3.63, 3.8) is 0 Å². The quantitative estimate of drug-likeness (QED) is 0.409. The number of hydrogen-bond donors (Lipinski definition) is 0. The molecule has 6 heteroatoms. The monoisotopic (exact) mass is 203 g/mol. The molecular weight excluding hydrogens is 203 g/mol. The van der Waals surface area contributed by atoms with Crippen molar-refractivity contribution in [3.8, 4) is 0 Å². The van der Waals surface area contributed by atoms with Crippen LogP contribution in [0.4, 0.5) is 0 Å². The van der Waals surface area contributed by atoms with E-state index < -0.39 is 0 Å². The van der Waals surface area contributed by atoms with E-state index in [9.17, 15) is 0 Å². The molecule has 0 aliphatic rings. The molecule has 0 rings (SSSR count). The Morgan fingerprint density at radius 2 is 0.500 bits per heavy atom. The average Bonchev–Trinajstić information content (AvgIpc) is 2.03. The van der Waals surface area contributed by atoms with Gasteiger partial charge in [0.05, 0.1) is 0 Å². The molecule has 0 bridgehead atoms. The maximum absolute atomic E-state index is 6.25. The van der Waals surface area contributed by atoms with E-state index >= 15 is 0 Å². The van der Waals surface area contributed by atoms with E-state index in [2.05, 4.69) is 0 Å². The molecule has 0 aromatic carbocycles. The molecule has 4 nitrogen and oxygen atoms in total. The molecule has 0 amide bonds. The first-order valence-corrected chi connectivity index (χ1v) is 0.894. The van der Waals surface area contributed by atoms with Crippen molar-refractivity contribution < 1.29 is 16.8 Å². The third-order valence-corrected chi connectivity index (χ3v) is 0. The normalized spacial score (nSPS) is 0.800. The van der Waals surface area contributed by atoms with Crippen molar-refractivity contribution in [2.45, 2.75) is 0 Å². The van der Waals surface area contributed by atoms with Gasteiger partial charge in [-0.3, -0.25) is 0 Å². The zero-order chi connectivity index (χ0) is 8.00. The molecule has 0 fully saturated rings. The van der Waals surface area contributed by atoms with Gasteiger partial charge in [0, 0.05) is 0 Å². The molecule has 0 aromatic heterocycles. The van der Waals surface area contributed by atoms with E-state index in [0.29, 0.717) is 0 Å². The molecule has 0 atom stereocenters. The third kappa shape index (κ3) is 4660. The van der Waals surface area contributed by atoms with Gasteiger partial charge in [-0.05, 0) is 0 Å². The van der Waals surface area contributed by atoms with Crippen LogP contribution in [-0.2, 0) is 16.8 Å². The van der Waals surface area contributed by atoms with Crippen molar-refractivity contribution in [2.75, 3.05) is 0 Å². The van der Waals surface area contributed by atoms with Gasteiger partial charge in [-0.2, -0.15) is 0 Å². The predicted molar refractivity (Wildman–Crippen MR) is 25.6 cm³/mol. The maximum Gasteiger partial charge on any atom is 2.00 e. The molecule has 0 aliphatic heterocycles. The van der Waals surface area contributed by atoms with Crippen molar-refractivity contribution >= 4 is 37.7 Å². The molecule has 0 heterocycles. The van der Waals surface area contributed by atoms with Gasteiger partial charge >= 0.3 is 54.5 Å². The van der Waals surface area contributed by atoms with Crippen molar-refractivity contribution in [1.29, 1.82) is 21.0 Å². The van der Waals surface area contributed by atoms with Gasteiger partial charge in [-0.15, -0.1) is 0 Å². The Hall–Kier alpha value is -0.274. The van der Waals surface area contributed by atoms with E-state index in [0.717, 1.165) is 0 Å². The van der Waals surface area contributed by atoms with Gasteiger partial charge in [-0.25, -0.2) is 0 Å². The van der Waals surface area contributed by atoms with Crippen LogP contribution < -0.4 is 0 Å². The Balaban J connectivity index is -0.00000000500. The van der Waals surface area contributed by atoms with Gasteiger partial charge < -0.3 is 47.3 Å². The Bertz CT molecular complexity index is 60.2. The number of nitrogens with zero attached hydrogens (tertiary/aromatic N) is 4. The molecule has 1 radical (unpaired) electrons. The largest absolute Gasteiger partial charge is 2.00 e. The second kappa shape index (κ2) is 6950. The van der Waals surface area contributed by atoms with Crippen LogP contribution in [0, 0.1) is 47.3 Å². The third-order valence-electron chi connectivity index (χ3n) is 0. The summed E-state index contributed by atoms with van der Waals surface area (Å²) in [5.74, 6) is 0. The number of rotatable bonds is 0. The van der Waals surface area contributed by atoms with E-state index in [-0.39, 0.29) is 54.5 Å². The van der Waals surface area contributed by atoms with Crippen LogP contribution in [-0.4, -0.2) is 37.7 Å². The van der Waals surface area contributed by atoms with Crippen molar-refractivity contribution in [2.24, 2.45) is 0 Å². The fourth-order valence-electron chi connectivity index (χ4n) is 0. The summed E-state index contributed by atoms with van der Waals surface area (Å²) >= 11 is 0. The van der Waals surface area contributed by atoms with Crippen LogP contribution in [0.2, 0.25) is 0 Å². The van der Waals surface area contributed by atoms with Crippen LogP contribution in [0.1, 0.15) is 0 Å². The summed E-state index contributed by atoms with van der Waals surface area (Å²) in [6.07, 6.45) is 0. The second-order valence-electron chi connectivity index (χ2n) is 0. The van der Waals surface area contributed by atoms with Crippen LogP contribution >= 0.6 is 0 Å². The van der Waals surface area contributed by atoms with Crippen LogP contribution in [0.25, 0.3) is 0 Å². The van der Waals surface area contributed by atoms with Gasteiger partial charge in [0.15, 0.2) is 0 Å². The first kappa shape index (κ1) is 53.3. The molecular formula is C4CaCoN4. The van der Waals surface area contributed by atoms with Gasteiger partial charge in [0.1, 0.15) is 0 Å². The summed E-state index contributed by atoms with van der Waals surface area (Å²) in [5.41, 5.74) is 0. The van der Waals surface area contributed by atoms with E-state index in [4.69, 9.17) is 47.3 Å². The van der Waals surface area contributed by atoms with Gasteiger partial charge in [0.25, 0.3) is 0 Å². The Kier molecular flexibility index (Phi) is 37100. The van der Waals surface area contributed by atoms with E-state index in [1.807, 2.05) is 0 Å². The first-order chi connectivity index (χ1) is 4.00. The minimum Gasteiger partial charge on any atom is -0.512 e. The standard InChI is InChI=1S/4CN.Ca.Co/c4*1-2;;/q4*-1;2*+2. The molecule has 10 heavy (non-hydrogen) atoms. The summed E-state index contributed by atoms with van der Waals surface area (Å²) in [5, 5.41) is 25.0. The SMILES string of the molecule is [C-]#N.[C-]#N.[C-]#N.[C-]#N.[Ca+2].[Co+2]. The Labute approximate surface area is 101 Å². The first-order valence-electron chi connectivity index (χ1n) is 0.894. The molecule has 47 valence electrons. The van der Waals surface area contributed by atoms with Crippen LogP contribution in [0.5, 0.6) is 0 Å². The minimum absolute atomic E-state index is 0. The molecule has 0 aliphatic carbocycles. The van der Waals surface area contributed by atoms with E-state index in [1.165, 1.54) is 0 Å². The fraction of sp³-hybridized carbons (Fsp3) is 0. The molecule has 0 saturated carbocycles. The molecule has 0 N–H and O–H groups in total. The molecule has 0 saturated heterocycles. The van der Waals surface area contributed by atoms with Gasteiger partial charge in [0.2, 0.25) is 0 Å². The summed E-state index contributed by atoms with van der Waals surface area (Å²) in [6.45, 7) is 19.0. The van der Waals surface area contributed by atoms with E-state index in [1.54, 1.807) is 0 Å². The minimum atomic E-state index is 0. The fourth-order valence-corrected chi connectivity index (χ4v) is 0. The molecule has 0 aromatic rings. The molecule has 0 unspecified atom stereocenters. The summed E-state index contributed by atoms with van der Waals surface area (Å²) in [4.78, 5) is 0. The van der Waals surface area contributed by atoms with Crippen LogP contribution in [0.3, 0.4) is 0 Å². The Morgan fingerprint density at radius 3 is 0.500 bits per heavy atom. The van der Waals surface area contributed by atoms with Crippen LogP contribution in [0.15, 0.2) is 0 Å². The van der Waals surface area contributed by atoms with Crippen molar-refractivity contribution in [3.05, 3.63) is 26.3 Å². The van der Waals surface area contributed by atoms with Crippen molar-refractivity contribution in [1.82, 2.24) is 0 Å². The zero-order valence-corrected chi connectivity index (χ0v) is 8.08. The second-order valence-corrected chi connectivity index (χ2v) is 0. The molecule has 0 spiro atoms. The average molecular weight is 203 g/mol. The maximum atomic E-state index is 6.25. The van der Waals surface area contributed by atoms with Gasteiger partial charge in [-0.1, -0.05) is 0 Å². The summed E-state index contributed by atoms with van der Waals surface area (Å²) in [7, 11) is 0. The summed E-state index contributed by atoms with van der Waals surface area (Å²) < 4.78 is 0. The predicted octanol–water partition coefficient (Wildman–Crippen LogP) is 0.00218. The Morgan fingerprint density at radius 1 is 0.500 bits per heavy atom. The number of hydrogen-bond acceptors (Lipinski definition) is 4. The zero-order valence-electron chi connectivity index (χ0n) is 4.83.